The van der Waals surface area contributed by atoms with Crippen molar-refractivity contribution in [2.75, 3.05) is 4.90 Å². The molecule has 1 amide bonds. The van der Waals surface area contributed by atoms with E-state index >= 15 is 0 Å². The Morgan fingerprint density at radius 1 is 1.20 bits per heavy atom. The van der Waals surface area contributed by atoms with Gasteiger partial charge in [-0.2, -0.15) is 0 Å². The fraction of sp³-hybridized carbons (Fsp3) is 0.136. The Morgan fingerprint density at radius 3 is 2.70 bits per heavy atom. The van der Waals surface area contributed by atoms with E-state index in [0.717, 1.165) is 0 Å². The molecule has 2 aromatic heterocycles. The fourth-order valence-corrected chi connectivity index (χ4v) is 4.31. The molecule has 4 aromatic rings. The smallest absolute Gasteiger partial charge is 0.270 e. The van der Waals surface area contributed by atoms with Gasteiger partial charge in [-0.05, 0) is 30.7 Å². The van der Waals surface area contributed by atoms with Gasteiger partial charge in [0, 0.05) is 27.7 Å². The predicted octanol–water partition coefficient (Wildman–Crippen LogP) is 5.26. The molecule has 2 aromatic carbocycles. The van der Waals surface area contributed by atoms with Crippen LogP contribution in [0.2, 0.25) is 5.02 Å². The van der Waals surface area contributed by atoms with E-state index in [9.17, 15) is 14.0 Å². The molecule has 1 N–H and O–H groups in total. The van der Waals surface area contributed by atoms with Gasteiger partial charge < -0.3 is 9.88 Å². The maximum Gasteiger partial charge on any atom is 0.270 e. The van der Waals surface area contributed by atoms with Crippen molar-refractivity contribution >= 4 is 45.4 Å². The van der Waals surface area contributed by atoms with Gasteiger partial charge in [-0.3, -0.25) is 9.59 Å². The van der Waals surface area contributed by atoms with Crippen LogP contribution in [-0.2, 0) is 13.2 Å². The number of aromatic amines is 1. The monoisotopic (exact) mass is 441 g/mol. The number of rotatable bonds is 5. The van der Waals surface area contributed by atoms with Crippen molar-refractivity contribution in [3.05, 3.63) is 91.1 Å². The molecule has 0 unspecified atom stereocenters. The molecule has 0 aliphatic carbocycles. The van der Waals surface area contributed by atoms with Gasteiger partial charge in [0.1, 0.15) is 11.6 Å². The van der Waals surface area contributed by atoms with E-state index in [-0.39, 0.29) is 18.0 Å². The summed E-state index contributed by atoms with van der Waals surface area (Å²) >= 11 is 7.42. The zero-order chi connectivity index (χ0) is 21.3. The molecule has 30 heavy (non-hydrogen) atoms. The summed E-state index contributed by atoms with van der Waals surface area (Å²) < 4.78 is 13.4. The molecule has 0 spiro atoms. The first-order chi connectivity index (χ1) is 14.5. The third-order valence-corrected chi connectivity index (χ3v) is 5.98. The normalized spacial score (nSPS) is 11.0. The number of anilines is 1. The van der Waals surface area contributed by atoms with Gasteiger partial charge in [0.2, 0.25) is 5.56 Å². The predicted molar refractivity (Wildman–Crippen MR) is 118 cm³/mol. The highest BCUT2D eigenvalue weighted by molar-refractivity contribution is 7.12. The van der Waals surface area contributed by atoms with Gasteiger partial charge in [0.15, 0.2) is 0 Å². The molecule has 0 atom stereocenters. The molecule has 0 saturated carbocycles. The van der Waals surface area contributed by atoms with Crippen LogP contribution in [0, 0.1) is 6.92 Å². The van der Waals surface area contributed by atoms with Gasteiger partial charge in [-0.15, -0.1) is 11.3 Å². The standard InChI is InChI=1S/C22H17ClFN3O2S/c1-13-21(30-12-25-13)22(29)27(17-6-3-5-16(23)9-17)11-15-8-19(28)26-20-14(10-24)4-2-7-18(15)20/h2-9,12H,10-11H2,1H3,(H,26,28). The van der Waals surface area contributed by atoms with Crippen LogP contribution in [0.5, 0.6) is 0 Å². The van der Waals surface area contributed by atoms with Crippen molar-refractivity contribution in [2.24, 2.45) is 0 Å². The number of nitrogens with zero attached hydrogens (tertiary/aromatic N) is 2. The Hall–Kier alpha value is -3.03. The highest BCUT2D eigenvalue weighted by atomic mass is 35.5. The number of benzene rings is 2. The van der Waals surface area contributed by atoms with E-state index in [1.165, 1.54) is 17.4 Å². The van der Waals surface area contributed by atoms with Gasteiger partial charge >= 0.3 is 0 Å². The number of aryl methyl sites for hydroxylation is 1. The molecule has 152 valence electrons. The van der Waals surface area contributed by atoms with E-state index in [1.807, 2.05) is 0 Å². The van der Waals surface area contributed by atoms with E-state index in [1.54, 1.807) is 59.8 Å². The van der Waals surface area contributed by atoms with Crippen molar-refractivity contribution < 1.29 is 9.18 Å². The van der Waals surface area contributed by atoms with E-state index < -0.39 is 6.67 Å². The molecule has 0 radical (unpaired) electrons. The number of carbonyl (C=O) groups is 1. The average Bonchev–Trinajstić information content (AvgIpc) is 3.16. The summed E-state index contributed by atoms with van der Waals surface area (Å²) in [5.74, 6) is -0.243. The van der Waals surface area contributed by atoms with Gasteiger partial charge in [0.25, 0.3) is 5.91 Å². The minimum atomic E-state index is -0.701. The Labute approximate surface area is 180 Å². The number of H-pyrrole nitrogens is 1. The molecular formula is C22H17ClFN3O2S. The summed E-state index contributed by atoms with van der Waals surface area (Å²) in [6.07, 6.45) is 0. The number of carbonyl (C=O) groups excluding carboxylic acids is 1. The Balaban J connectivity index is 1.86. The van der Waals surface area contributed by atoms with Crippen LogP contribution in [0.1, 0.15) is 26.5 Å². The number of amides is 1. The number of hydrogen-bond donors (Lipinski definition) is 1. The number of fused-ring (bicyclic) bond motifs is 1. The van der Waals surface area contributed by atoms with Crippen LogP contribution in [-0.4, -0.2) is 15.9 Å². The number of aromatic nitrogens is 2. The van der Waals surface area contributed by atoms with Crippen LogP contribution in [0.15, 0.2) is 58.8 Å². The third-order valence-electron chi connectivity index (χ3n) is 4.83. The summed E-state index contributed by atoms with van der Waals surface area (Å²) in [7, 11) is 0. The molecule has 0 bridgehead atoms. The second-order valence-electron chi connectivity index (χ2n) is 6.77. The molecule has 0 fully saturated rings. The van der Waals surface area contributed by atoms with Crippen molar-refractivity contribution in [2.45, 2.75) is 20.1 Å². The first-order valence-electron chi connectivity index (χ1n) is 9.15. The second-order valence-corrected chi connectivity index (χ2v) is 8.06. The van der Waals surface area contributed by atoms with Crippen LogP contribution in [0.4, 0.5) is 10.1 Å². The fourth-order valence-electron chi connectivity index (χ4n) is 3.38. The quantitative estimate of drug-likeness (QED) is 0.459. The van der Waals surface area contributed by atoms with Crippen molar-refractivity contribution in [1.29, 1.82) is 0 Å². The van der Waals surface area contributed by atoms with Gasteiger partial charge in [-0.25, -0.2) is 9.37 Å². The maximum absolute atomic E-state index is 13.4. The number of hydrogen-bond acceptors (Lipinski definition) is 4. The van der Waals surface area contributed by atoms with Crippen molar-refractivity contribution in [1.82, 2.24) is 9.97 Å². The molecule has 8 heteroatoms. The number of thiazole rings is 1. The maximum atomic E-state index is 13.4. The first-order valence-corrected chi connectivity index (χ1v) is 10.4. The summed E-state index contributed by atoms with van der Waals surface area (Å²) in [4.78, 5) is 34.6. The van der Waals surface area contributed by atoms with Gasteiger partial charge in [0.05, 0.1) is 23.3 Å². The van der Waals surface area contributed by atoms with Gasteiger partial charge in [-0.1, -0.05) is 35.9 Å². The van der Waals surface area contributed by atoms with Crippen LogP contribution in [0.25, 0.3) is 10.9 Å². The second kappa shape index (κ2) is 8.38. The lowest BCUT2D eigenvalue weighted by molar-refractivity contribution is 0.0988. The van der Waals surface area contributed by atoms with E-state index in [0.29, 0.717) is 43.3 Å². The number of nitrogens with one attached hydrogen (secondary N) is 1. The first kappa shape index (κ1) is 20.3. The molecule has 0 aliphatic rings. The summed E-state index contributed by atoms with van der Waals surface area (Å²) in [5.41, 5.74) is 3.93. The summed E-state index contributed by atoms with van der Waals surface area (Å²) in [6, 6.07) is 13.6. The summed E-state index contributed by atoms with van der Waals surface area (Å²) in [5, 5.41) is 1.17. The topological polar surface area (TPSA) is 66.1 Å². The van der Waals surface area contributed by atoms with Crippen LogP contribution in [0.3, 0.4) is 0 Å². The number of halogens is 2. The highest BCUT2D eigenvalue weighted by Gasteiger charge is 2.23. The number of pyridine rings is 1. The Morgan fingerprint density at radius 2 is 2.00 bits per heavy atom. The Bertz CT molecular complexity index is 1300. The average molecular weight is 442 g/mol. The lowest BCUT2D eigenvalue weighted by atomic mass is 10.0. The lowest BCUT2D eigenvalue weighted by Crippen LogP contribution is -2.31. The van der Waals surface area contributed by atoms with Crippen molar-refractivity contribution in [3.8, 4) is 0 Å². The highest BCUT2D eigenvalue weighted by Crippen LogP contribution is 2.28. The minimum absolute atomic E-state index is 0.118. The SMILES string of the molecule is Cc1ncsc1C(=O)N(Cc1cc(=O)[nH]c2c(CF)cccc12)c1cccc(Cl)c1. The Kier molecular flexibility index (Phi) is 5.65. The van der Waals surface area contributed by atoms with Crippen LogP contribution >= 0.6 is 22.9 Å². The molecule has 5 nitrogen and oxygen atoms in total. The molecular weight excluding hydrogens is 425 g/mol. The van der Waals surface area contributed by atoms with Crippen molar-refractivity contribution in [3.63, 3.8) is 0 Å². The minimum Gasteiger partial charge on any atom is -0.322 e. The summed E-state index contributed by atoms with van der Waals surface area (Å²) in [6.45, 7) is 1.19. The van der Waals surface area contributed by atoms with E-state index in [4.69, 9.17) is 11.6 Å². The largest absolute Gasteiger partial charge is 0.322 e. The molecule has 0 aliphatic heterocycles. The van der Waals surface area contributed by atoms with Crippen LogP contribution < -0.4 is 10.5 Å². The molecule has 2 heterocycles. The number of para-hydroxylation sites is 1. The number of alkyl halides is 1. The zero-order valence-corrected chi connectivity index (χ0v) is 17.6. The molecule has 4 rings (SSSR count). The molecule has 0 saturated heterocycles. The van der Waals surface area contributed by atoms with E-state index in [2.05, 4.69) is 9.97 Å². The zero-order valence-electron chi connectivity index (χ0n) is 16.0. The third kappa shape index (κ3) is 3.86. The lowest BCUT2D eigenvalue weighted by Gasteiger charge is -2.24.